The standard InChI is InChI=1S/C9H15N3/c1-4-5-12-8(2)9(6-10-3)7-11-12/h4,7,10H,1,5-6H2,2-3H3. The van der Waals surface area contributed by atoms with E-state index in [2.05, 4.69) is 23.9 Å². The van der Waals surface area contributed by atoms with Gasteiger partial charge in [0.1, 0.15) is 0 Å². The maximum atomic E-state index is 4.23. The van der Waals surface area contributed by atoms with E-state index in [1.807, 2.05) is 24.0 Å². The molecule has 12 heavy (non-hydrogen) atoms. The molecule has 0 aromatic carbocycles. The second-order valence-electron chi connectivity index (χ2n) is 2.76. The highest BCUT2D eigenvalue weighted by molar-refractivity contribution is 5.15. The van der Waals surface area contributed by atoms with Crippen LogP contribution in [0.2, 0.25) is 0 Å². The third-order valence-electron chi connectivity index (χ3n) is 1.87. The third kappa shape index (κ3) is 1.74. The van der Waals surface area contributed by atoms with Crippen molar-refractivity contribution < 1.29 is 0 Å². The van der Waals surface area contributed by atoms with Crippen LogP contribution in [0.15, 0.2) is 18.9 Å². The maximum Gasteiger partial charge on any atom is 0.0590 e. The molecule has 0 atom stereocenters. The summed E-state index contributed by atoms with van der Waals surface area (Å²) < 4.78 is 1.94. The number of allylic oxidation sites excluding steroid dienone is 1. The minimum absolute atomic E-state index is 0.787. The van der Waals surface area contributed by atoms with E-state index in [1.165, 1.54) is 11.3 Å². The molecule has 1 aromatic heterocycles. The predicted octanol–water partition coefficient (Wildman–Crippen LogP) is 1.10. The van der Waals surface area contributed by atoms with Gasteiger partial charge in [0.2, 0.25) is 0 Å². The average molecular weight is 165 g/mol. The fourth-order valence-corrected chi connectivity index (χ4v) is 1.16. The summed E-state index contributed by atoms with van der Waals surface area (Å²) in [6, 6.07) is 0. The van der Waals surface area contributed by atoms with Crippen LogP contribution >= 0.6 is 0 Å². The first-order valence-corrected chi connectivity index (χ1v) is 4.06. The summed E-state index contributed by atoms with van der Waals surface area (Å²) in [4.78, 5) is 0. The number of hydrogen-bond acceptors (Lipinski definition) is 2. The van der Waals surface area contributed by atoms with Crippen molar-refractivity contribution in [2.75, 3.05) is 7.05 Å². The highest BCUT2D eigenvalue weighted by atomic mass is 15.3. The maximum absolute atomic E-state index is 4.23. The van der Waals surface area contributed by atoms with Crippen LogP contribution in [0.25, 0.3) is 0 Å². The van der Waals surface area contributed by atoms with Gasteiger partial charge in [-0.3, -0.25) is 4.68 Å². The first kappa shape index (κ1) is 9.00. The summed E-state index contributed by atoms with van der Waals surface area (Å²) in [7, 11) is 1.93. The van der Waals surface area contributed by atoms with Crippen LogP contribution < -0.4 is 5.32 Å². The predicted molar refractivity (Wildman–Crippen MR) is 49.9 cm³/mol. The Morgan fingerprint density at radius 2 is 2.50 bits per heavy atom. The largest absolute Gasteiger partial charge is 0.316 e. The zero-order valence-electron chi connectivity index (χ0n) is 7.67. The van der Waals surface area contributed by atoms with Crippen molar-refractivity contribution in [1.29, 1.82) is 0 Å². The lowest BCUT2D eigenvalue weighted by molar-refractivity contribution is 0.676. The lowest BCUT2D eigenvalue weighted by Crippen LogP contribution is -2.06. The number of rotatable bonds is 4. The van der Waals surface area contributed by atoms with E-state index < -0.39 is 0 Å². The van der Waals surface area contributed by atoms with E-state index in [0.29, 0.717) is 0 Å². The van der Waals surface area contributed by atoms with E-state index in [1.54, 1.807) is 0 Å². The molecule has 1 rings (SSSR count). The van der Waals surface area contributed by atoms with Gasteiger partial charge < -0.3 is 5.32 Å². The average Bonchev–Trinajstić information content (AvgIpc) is 2.38. The Bertz CT molecular complexity index is 263. The van der Waals surface area contributed by atoms with Gasteiger partial charge in [0.15, 0.2) is 0 Å². The van der Waals surface area contributed by atoms with Gasteiger partial charge in [0, 0.05) is 17.8 Å². The van der Waals surface area contributed by atoms with Crippen molar-refractivity contribution >= 4 is 0 Å². The van der Waals surface area contributed by atoms with Gasteiger partial charge >= 0.3 is 0 Å². The van der Waals surface area contributed by atoms with Crippen molar-refractivity contribution in [3.8, 4) is 0 Å². The summed E-state index contributed by atoms with van der Waals surface area (Å²) in [5, 5.41) is 7.33. The normalized spacial score (nSPS) is 10.2. The van der Waals surface area contributed by atoms with Crippen LogP contribution in [0.1, 0.15) is 11.3 Å². The van der Waals surface area contributed by atoms with E-state index in [-0.39, 0.29) is 0 Å². The van der Waals surface area contributed by atoms with E-state index in [9.17, 15) is 0 Å². The Balaban J connectivity index is 2.80. The van der Waals surface area contributed by atoms with Crippen molar-refractivity contribution in [3.05, 3.63) is 30.1 Å². The highest BCUT2D eigenvalue weighted by Crippen LogP contribution is 2.06. The lowest BCUT2D eigenvalue weighted by Gasteiger charge is -2.01. The second kappa shape index (κ2) is 4.07. The van der Waals surface area contributed by atoms with Crippen LogP contribution in [0.3, 0.4) is 0 Å². The third-order valence-corrected chi connectivity index (χ3v) is 1.87. The molecule has 1 N–H and O–H groups in total. The topological polar surface area (TPSA) is 29.9 Å². The fourth-order valence-electron chi connectivity index (χ4n) is 1.16. The highest BCUT2D eigenvalue weighted by Gasteiger charge is 2.02. The van der Waals surface area contributed by atoms with Crippen LogP contribution in [0, 0.1) is 6.92 Å². The molecule has 0 amide bonds. The SMILES string of the molecule is C=CCn1ncc(CNC)c1C. The molecule has 0 aliphatic carbocycles. The molecule has 66 valence electrons. The van der Waals surface area contributed by atoms with Crippen molar-refractivity contribution in [2.24, 2.45) is 0 Å². The number of nitrogens with one attached hydrogen (secondary N) is 1. The van der Waals surface area contributed by atoms with Gasteiger partial charge in [-0.25, -0.2) is 0 Å². The summed E-state index contributed by atoms with van der Waals surface area (Å²) in [5.74, 6) is 0. The monoisotopic (exact) mass is 165 g/mol. The molecule has 0 aliphatic rings. The summed E-state index contributed by atoms with van der Waals surface area (Å²) in [5.41, 5.74) is 2.46. The summed E-state index contributed by atoms with van der Waals surface area (Å²) in [6.45, 7) is 7.41. The number of hydrogen-bond donors (Lipinski definition) is 1. The minimum Gasteiger partial charge on any atom is -0.316 e. The van der Waals surface area contributed by atoms with Crippen LogP contribution in [0.5, 0.6) is 0 Å². The molecule has 0 spiro atoms. The van der Waals surface area contributed by atoms with Gasteiger partial charge in [-0.2, -0.15) is 5.10 Å². The van der Waals surface area contributed by atoms with Crippen LogP contribution in [-0.4, -0.2) is 16.8 Å². The van der Waals surface area contributed by atoms with Crippen molar-refractivity contribution in [1.82, 2.24) is 15.1 Å². The van der Waals surface area contributed by atoms with E-state index in [4.69, 9.17) is 0 Å². The van der Waals surface area contributed by atoms with Crippen LogP contribution in [0.4, 0.5) is 0 Å². The quantitative estimate of drug-likeness (QED) is 0.677. The van der Waals surface area contributed by atoms with E-state index >= 15 is 0 Å². The Hall–Kier alpha value is -1.09. The number of aromatic nitrogens is 2. The van der Waals surface area contributed by atoms with E-state index in [0.717, 1.165) is 13.1 Å². The minimum atomic E-state index is 0.787. The zero-order chi connectivity index (χ0) is 8.97. The summed E-state index contributed by atoms with van der Waals surface area (Å²) in [6.07, 6.45) is 3.75. The molecule has 1 heterocycles. The molecule has 0 bridgehead atoms. The first-order chi connectivity index (χ1) is 5.79. The van der Waals surface area contributed by atoms with Gasteiger partial charge in [0.25, 0.3) is 0 Å². The molecule has 0 unspecified atom stereocenters. The molecule has 1 aromatic rings. The molecule has 0 saturated heterocycles. The Labute approximate surface area is 73.1 Å². The molecular formula is C9H15N3. The molecule has 0 aliphatic heterocycles. The Morgan fingerprint density at radius 3 is 3.08 bits per heavy atom. The molecule has 0 fully saturated rings. The van der Waals surface area contributed by atoms with Crippen LogP contribution in [-0.2, 0) is 13.1 Å². The van der Waals surface area contributed by atoms with Gasteiger partial charge in [-0.1, -0.05) is 6.08 Å². The smallest absolute Gasteiger partial charge is 0.0590 e. The molecule has 0 saturated carbocycles. The molecule has 3 nitrogen and oxygen atoms in total. The fraction of sp³-hybridized carbons (Fsp3) is 0.444. The molecular weight excluding hydrogens is 150 g/mol. The Morgan fingerprint density at radius 1 is 1.75 bits per heavy atom. The molecule has 3 heteroatoms. The lowest BCUT2D eigenvalue weighted by atomic mass is 10.2. The zero-order valence-corrected chi connectivity index (χ0v) is 7.67. The van der Waals surface area contributed by atoms with Gasteiger partial charge in [-0.05, 0) is 14.0 Å². The first-order valence-electron chi connectivity index (χ1n) is 4.06. The van der Waals surface area contributed by atoms with Gasteiger partial charge in [-0.15, -0.1) is 6.58 Å². The summed E-state index contributed by atoms with van der Waals surface area (Å²) >= 11 is 0. The van der Waals surface area contributed by atoms with Crippen molar-refractivity contribution in [3.63, 3.8) is 0 Å². The second-order valence-corrected chi connectivity index (χ2v) is 2.76. The Kier molecular flexibility index (Phi) is 3.05. The van der Waals surface area contributed by atoms with Gasteiger partial charge in [0.05, 0.1) is 12.7 Å². The number of nitrogens with zero attached hydrogens (tertiary/aromatic N) is 2. The van der Waals surface area contributed by atoms with Crippen molar-refractivity contribution in [2.45, 2.75) is 20.0 Å². The molecule has 0 radical (unpaired) electrons.